The van der Waals surface area contributed by atoms with E-state index in [9.17, 15) is 0 Å². The van der Waals surface area contributed by atoms with Crippen LogP contribution in [0.3, 0.4) is 0 Å². The van der Waals surface area contributed by atoms with Gasteiger partial charge in [-0.1, -0.05) is 19.8 Å². The van der Waals surface area contributed by atoms with E-state index in [1.807, 2.05) is 0 Å². The van der Waals surface area contributed by atoms with Crippen LogP contribution in [0.2, 0.25) is 0 Å². The maximum Gasteiger partial charge on any atom is 0.0480 e. The summed E-state index contributed by atoms with van der Waals surface area (Å²) >= 11 is 0. The molecule has 2 heteroatoms. The highest BCUT2D eigenvalue weighted by atomic mass is 16.5. The van der Waals surface area contributed by atoms with Crippen molar-refractivity contribution in [3.8, 4) is 0 Å². The van der Waals surface area contributed by atoms with Crippen molar-refractivity contribution in [2.24, 2.45) is 0 Å². The van der Waals surface area contributed by atoms with Crippen LogP contribution in [0.15, 0.2) is 0 Å². The average Bonchev–Trinajstić information content (AvgIpc) is 2.10. The zero-order chi connectivity index (χ0) is 10.1. The minimum atomic E-state index is 0.631. The molecule has 0 rings (SSSR count). The van der Waals surface area contributed by atoms with Crippen LogP contribution in [0.25, 0.3) is 0 Å². The second-order valence-corrected chi connectivity index (χ2v) is 3.92. The maximum atomic E-state index is 5.53. The fourth-order valence-electron chi connectivity index (χ4n) is 1.07. The minimum Gasteiger partial charge on any atom is -0.381 e. The molecule has 0 aliphatic heterocycles. The van der Waals surface area contributed by atoms with E-state index >= 15 is 0 Å². The first kappa shape index (κ1) is 12.9. The van der Waals surface area contributed by atoms with Gasteiger partial charge in [-0.05, 0) is 33.9 Å². The number of ether oxygens (including phenoxy) is 1. The monoisotopic (exact) mass is 187 g/mol. The fourth-order valence-corrected chi connectivity index (χ4v) is 1.07. The summed E-state index contributed by atoms with van der Waals surface area (Å²) in [5.41, 5.74) is 0. The van der Waals surface area contributed by atoms with Crippen LogP contribution in [-0.2, 0) is 4.74 Å². The van der Waals surface area contributed by atoms with E-state index in [0.29, 0.717) is 6.04 Å². The number of hydrogen-bond donors (Lipinski definition) is 0. The van der Waals surface area contributed by atoms with Crippen molar-refractivity contribution in [1.82, 2.24) is 4.90 Å². The van der Waals surface area contributed by atoms with Crippen molar-refractivity contribution in [2.45, 2.75) is 45.6 Å². The van der Waals surface area contributed by atoms with E-state index in [4.69, 9.17) is 4.74 Å². The molecule has 80 valence electrons. The van der Waals surface area contributed by atoms with Crippen molar-refractivity contribution in [3.05, 3.63) is 0 Å². The molecule has 0 aromatic carbocycles. The second-order valence-electron chi connectivity index (χ2n) is 3.92. The lowest BCUT2D eigenvalue weighted by Crippen LogP contribution is -2.25. The van der Waals surface area contributed by atoms with E-state index in [1.54, 1.807) is 0 Å². The standard InChI is InChI=1S/C11H25NO/c1-5-6-7-9-13-10-8-11(2)12(3)4/h11H,5-10H2,1-4H3. The van der Waals surface area contributed by atoms with Gasteiger partial charge in [-0.15, -0.1) is 0 Å². The molecule has 0 spiro atoms. The highest BCUT2D eigenvalue weighted by Crippen LogP contribution is 1.99. The summed E-state index contributed by atoms with van der Waals surface area (Å²) in [6.45, 7) is 6.29. The van der Waals surface area contributed by atoms with Gasteiger partial charge in [0.15, 0.2) is 0 Å². The first-order valence-corrected chi connectivity index (χ1v) is 5.42. The number of rotatable bonds is 8. The third kappa shape index (κ3) is 8.26. The molecule has 1 atom stereocenters. The van der Waals surface area contributed by atoms with Crippen LogP contribution < -0.4 is 0 Å². The van der Waals surface area contributed by atoms with Crippen LogP contribution in [0, 0.1) is 0 Å². The van der Waals surface area contributed by atoms with Gasteiger partial charge in [0.05, 0.1) is 0 Å². The molecule has 2 nitrogen and oxygen atoms in total. The second kappa shape index (κ2) is 8.52. The van der Waals surface area contributed by atoms with Crippen LogP contribution in [0.4, 0.5) is 0 Å². The van der Waals surface area contributed by atoms with Gasteiger partial charge in [-0.2, -0.15) is 0 Å². The van der Waals surface area contributed by atoms with Crippen LogP contribution in [0.5, 0.6) is 0 Å². The molecule has 1 unspecified atom stereocenters. The Morgan fingerprint density at radius 1 is 1.15 bits per heavy atom. The Kier molecular flexibility index (Phi) is 8.46. The quantitative estimate of drug-likeness (QED) is 0.541. The molecule has 0 radical (unpaired) electrons. The molecule has 0 saturated heterocycles. The van der Waals surface area contributed by atoms with E-state index in [2.05, 4.69) is 32.8 Å². The number of nitrogens with zero attached hydrogens (tertiary/aromatic N) is 1. The Labute approximate surface area is 83.3 Å². The Hall–Kier alpha value is -0.0800. The van der Waals surface area contributed by atoms with Crippen molar-refractivity contribution < 1.29 is 4.74 Å². The fraction of sp³-hybridized carbons (Fsp3) is 1.00. The van der Waals surface area contributed by atoms with E-state index in [-0.39, 0.29) is 0 Å². The molecule has 0 fully saturated rings. The van der Waals surface area contributed by atoms with Crippen LogP contribution in [0.1, 0.15) is 39.5 Å². The molecule has 0 saturated carbocycles. The average molecular weight is 187 g/mol. The summed E-state index contributed by atoms with van der Waals surface area (Å²) in [6.07, 6.45) is 4.92. The van der Waals surface area contributed by atoms with Gasteiger partial charge in [0, 0.05) is 19.3 Å². The molecule has 0 bridgehead atoms. The summed E-state index contributed by atoms with van der Waals surface area (Å²) < 4.78 is 5.53. The molecule has 0 aliphatic carbocycles. The SMILES string of the molecule is CCCCCOCCC(C)N(C)C. The van der Waals surface area contributed by atoms with Crippen molar-refractivity contribution in [2.75, 3.05) is 27.3 Å². The van der Waals surface area contributed by atoms with Gasteiger partial charge in [0.2, 0.25) is 0 Å². The highest BCUT2D eigenvalue weighted by molar-refractivity contribution is 4.57. The lowest BCUT2D eigenvalue weighted by Gasteiger charge is -2.19. The van der Waals surface area contributed by atoms with Gasteiger partial charge >= 0.3 is 0 Å². The zero-order valence-electron chi connectivity index (χ0n) is 9.68. The predicted octanol–water partition coefficient (Wildman–Crippen LogP) is 2.53. The molecular weight excluding hydrogens is 162 g/mol. The molecule has 0 heterocycles. The first-order chi connectivity index (χ1) is 6.18. The van der Waals surface area contributed by atoms with Gasteiger partial charge in [-0.25, -0.2) is 0 Å². The Bertz CT molecular complexity index is 104. The Morgan fingerprint density at radius 2 is 1.85 bits per heavy atom. The molecule has 0 N–H and O–H groups in total. The van der Waals surface area contributed by atoms with Crippen molar-refractivity contribution in [1.29, 1.82) is 0 Å². The smallest absolute Gasteiger partial charge is 0.0480 e. The summed E-state index contributed by atoms with van der Waals surface area (Å²) in [5.74, 6) is 0. The Morgan fingerprint density at radius 3 is 2.38 bits per heavy atom. The lowest BCUT2D eigenvalue weighted by atomic mass is 10.2. The molecule has 0 aliphatic rings. The molecule has 0 aromatic heterocycles. The third-order valence-electron chi connectivity index (χ3n) is 2.45. The third-order valence-corrected chi connectivity index (χ3v) is 2.45. The number of hydrogen-bond acceptors (Lipinski definition) is 2. The predicted molar refractivity (Wildman–Crippen MR) is 58.1 cm³/mol. The minimum absolute atomic E-state index is 0.631. The summed E-state index contributed by atoms with van der Waals surface area (Å²) in [5, 5.41) is 0. The Balaban J connectivity index is 3.07. The van der Waals surface area contributed by atoms with Gasteiger partial charge in [0.25, 0.3) is 0 Å². The molecular formula is C11H25NO. The topological polar surface area (TPSA) is 12.5 Å². The molecule has 0 amide bonds. The highest BCUT2D eigenvalue weighted by Gasteiger charge is 2.02. The maximum absolute atomic E-state index is 5.53. The van der Waals surface area contributed by atoms with Gasteiger partial charge in [-0.3, -0.25) is 0 Å². The van der Waals surface area contributed by atoms with Crippen molar-refractivity contribution >= 4 is 0 Å². The van der Waals surface area contributed by atoms with E-state index < -0.39 is 0 Å². The molecule has 0 aromatic rings. The van der Waals surface area contributed by atoms with Crippen LogP contribution in [-0.4, -0.2) is 38.3 Å². The molecule has 13 heavy (non-hydrogen) atoms. The van der Waals surface area contributed by atoms with Gasteiger partial charge in [0.1, 0.15) is 0 Å². The van der Waals surface area contributed by atoms with E-state index in [1.165, 1.54) is 19.3 Å². The largest absolute Gasteiger partial charge is 0.381 e. The first-order valence-electron chi connectivity index (χ1n) is 5.42. The normalized spacial score (nSPS) is 13.6. The lowest BCUT2D eigenvalue weighted by molar-refractivity contribution is 0.110. The zero-order valence-corrected chi connectivity index (χ0v) is 9.68. The summed E-state index contributed by atoms with van der Waals surface area (Å²) in [6, 6.07) is 0.631. The summed E-state index contributed by atoms with van der Waals surface area (Å²) in [4.78, 5) is 2.23. The number of unbranched alkanes of at least 4 members (excludes halogenated alkanes) is 2. The van der Waals surface area contributed by atoms with Crippen molar-refractivity contribution in [3.63, 3.8) is 0 Å². The van der Waals surface area contributed by atoms with Crippen LogP contribution >= 0.6 is 0 Å². The summed E-state index contributed by atoms with van der Waals surface area (Å²) in [7, 11) is 4.23. The van der Waals surface area contributed by atoms with E-state index in [0.717, 1.165) is 19.6 Å². The van der Waals surface area contributed by atoms with Gasteiger partial charge < -0.3 is 9.64 Å².